The topological polar surface area (TPSA) is 67.6 Å². The van der Waals surface area contributed by atoms with Crippen molar-refractivity contribution in [2.45, 2.75) is 6.54 Å². The van der Waals surface area contributed by atoms with Gasteiger partial charge in [0.25, 0.3) is 0 Å². The van der Waals surface area contributed by atoms with Gasteiger partial charge in [-0.1, -0.05) is 0 Å². The van der Waals surface area contributed by atoms with Gasteiger partial charge in [0.1, 0.15) is 5.69 Å². The van der Waals surface area contributed by atoms with Crippen LogP contribution >= 0.6 is 15.9 Å². The molecule has 0 saturated carbocycles. The molecule has 0 amide bonds. The minimum atomic E-state index is 0.438. The van der Waals surface area contributed by atoms with Crippen LogP contribution in [0.15, 0.2) is 29.0 Å². The van der Waals surface area contributed by atoms with Gasteiger partial charge in [-0.05, 0) is 28.1 Å². The summed E-state index contributed by atoms with van der Waals surface area (Å²) in [7, 11) is 0. The fraction of sp³-hybridized carbons (Fsp3) is 0.111. The van der Waals surface area contributed by atoms with Crippen LogP contribution in [-0.2, 0) is 6.54 Å². The minimum absolute atomic E-state index is 0.438. The largest absolute Gasteiger partial charge is 0.325 e. The number of halogens is 1. The zero-order valence-electron chi connectivity index (χ0n) is 7.37. The van der Waals surface area contributed by atoms with Gasteiger partial charge in [0, 0.05) is 24.5 Å². The van der Waals surface area contributed by atoms with E-state index in [1.165, 1.54) is 0 Å². The maximum Gasteiger partial charge on any atom is 0.108 e. The van der Waals surface area contributed by atoms with E-state index in [4.69, 9.17) is 5.73 Å². The number of aromatic amines is 1. The SMILES string of the molecule is NCc1[nH]nc(-c2cccnc2)c1Br. The molecule has 3 N–H and O–H groups in total. The zero-order chi connectivity index (χ0) is 9.97. The fourth-order valence-corrected chi connectivity index (χ4v) is 1.76. The summed E-state index contributed by atoms with van der Waals surface area (Å²) < 4.78 is 0.910. The Balaban J connectivity index is 2.48. The Bertz CT molecular complexity index is 424. The summed E-state index contributed by atoms with van der Waals surface area (Å²) in [5.41, 5.74) is 8.23. The number of nitrogens with zero attached hydrogens (tertiary/aromatic N) is 2. The Morgan fingerprint density at radius 3 is 2.93 bits per heavy atom. The van der Waals surface area contributed by atoms with Crippen LogP contribution in [-0.4, -0.2) is 15.2 Å². The van der Waals surface area contributed by atoms with Gasteiger partial charge in [-0.2, -0.15) is 5.10 Å². The first-order valence-electron chi connectivity index (χ1n) is 4.16. The van der Waals surface area contributed by atoms with Crippen LogP contribution in [0.5, 0.6) is 0 Å². The highest BCUT2D eigenvalue weighted by Crippen LogP contribution is 2.27. The van der Waals surface area contributed by atoms with E-state index in [-0.39, 0.29) is 0 Å². The number of rotatable bonds is 2. The molecular formula is C9H9BrN4. The molecule has 0 fully saturated rings. The van der Waals surface area contributed by atoms with Crippen molar-refractivity contribution < 1.29 is 0 Å². The van der Waals surface area contributed by atoms with Crippen molar-refractivity contribution in [1.82, 2.24) is 15.2 Å². The summed E-state index contributed by atoms with van der Waals surface area (Å²) in [6.07, 6.45) is 3.50. The third-order valence-corrected chi connectivity index (χ3v) is 2.77. The van der Waals surface area contributed by atoms with Crippen LogP contribution in [0.1, 0.15) is 5.69 Å². The van der Waals surface area contributed by atoms with E-state index in [1.807, 2.05) is 12.1 Å². The Morgan fingerprint density at radius 2 is 2.36 bits per heavy atom. The van der Waals surface area contributed by atoms with Crippen LogP contribution < -0.4 is 5.73 Å². The average molecular weight is 253 g/mol. The molecule has 2 aromatic rings. The van der Waals surface area contributed by atoms with Crippen molar-refractivity contribution in [3.05, 3.63) is 34.7 Å². The van der Waals surface area contributed by atoms with Gasteiger partial charge in [-0.25, -0.2) is 0 Å². The number of pyridine rings is 1. The molecule has 72 valence electrons. The Labute approximate surface area is 89.7 Å². The number of hydrogen-bond donors (Lipinski definition) is 2. The molecule has 0 radical (unpaired) electrons. The third kappa shape index (κ3) is 1.56. The molecule has 2 rings (SSSR count). The lowest BCUT2D eigenvalue weighted by Crippen LogP contribution is -1.96. The summed E-state index contributed by atoms with van der Waals surface area (Å²) >= 11 is 3.45. The van der Waals surface area contributed by atoms with Gasteiger partial charge in [0.2, 0.25) is 0 Å². The smallest absolute Gasteiger partial charge is 0.108 e. The normalized spacial score (nSPS) is 10.4. The number of aromatic nitrogens is 3. The highest BCUT2D eigenvalue weighted by Gasteiger charge is 2.10. The number of hydrogen-bond acceptors (Lipinski definition) is 3. The second kappa shape index (κ2) is 3.89. The highest BCUT2D eigenvalue weighted by atomic mass is 79.9. The Kier molecular flexibility index (Phi) is 2.60. The Morgan fingerprint density at radius 1 is 1.50 bits per heavy atom. The molecule has 14 heavy (non-hydrogen) atoms. The zero-order valence-corrected chi connectivity index (χ0v) is 8.95. The van der Waals surface area contributed by atoms with Gasteiger partial charge in [-0.15, -0.1) is 0 Å². The van der Waals surface area contributed by atoms with Crippen molar-refractivity contribution in [3.63, 3.8) is 0 Å². The van der Waals surface area contributed by atoms with Crippen LogP contribution in [0.3, 0.4) is 0 Å². The van der Waals surface area contributed by atoms with Gasteiger partial charge in [-0.3, -0.25) is 10.1 Å². The molecule has 0 bridgehead atoms. The van der Waals surface area contributed by atoms with Gasteiger partial charge >= 0.3 is 0 Å². The standard InChI is InChI=1S/C9H9BrN4/c10-8-7(4-11)13-14-9(8)6-2-1-3-12-5-6/h1-3,5H,4,11H2,(H,13,14). The van der Waals surface area contributed by atoms with Gasteiger partial charge < -0.3 is 5.73 Å². The first-order valence-corrected chi connectivity index (χ1v) is 4.95. The van der Waals surface area contributed by atoms with E-state index < -0.39 is 0 Å². The van der Waals surface area contributed by atoms with E-state index in [1.54, 1.807) is 12.4 Å². The lowest BCUT2D eigenvalue weighted by Gasteiger charge is -1.95. The lowest BCUT2D eigenvalue weighted by molar-refractivity contribution is 0.945. The van der Waals surface area contributed by atoms with E-state index >= 15 is 0 Å². The van der Waals surface area contributed by atoms with Crippen molar-refractivity contribution in [2.24, 2.45) is 5.73 Å². The number of nitrogens with one attached hydrogen (secondary N) is 1. The maximum absolute atomic E-state index is 5.53. The molecule has 4 nitrogen and oxygen atoms in total. The summed E-state index contributed by atoms with van der Waals surface area (Å²) in [5, 5.41) is 7.04. The second-order valence-electron chi connectivity index (χ2n) is 2.81. The predicted molar refractivity (Wildman–Crippen MR) is 57.4 cm³/mol. The van der Waals surface area contributed by atoms with E-state index in [0.717, 1.165) is 21.4 Å². The van der Waals surface area contributed by atoms with Gasteiger partial charge in [0.05, 0.1) is 10.2 Å². The predicted octanol–water partition coefficient (Wildman–Crippen LogP) is 1.69. The van der Waals surface area contributed by atoms with Crippen LogP contribution in [0.25, 0.3) is 11.3 Å². The first-order chi connectivity index (χ1) is 6.83. The van der Waals surface area contributed by atoms with Crippen LogP contribution in [0.4, 0.5) is 0 Å². The monoisotopic (exact) mass is 252 g/mol. The molecular weight excluding hydrogens is 244 g/mol. The van der Waals surface area contributed by atoms with Gasteiger partial charge in [0.15, 0.2) is 0 Å². The average Bonchev–Trinajstić information content (AvgIpc) is 2.61. The first kappa shape index (κ1) is 9.36. The molecule has 0 unspecified atom stereocenters. The molecule has 2 heterocycles. The molecule has 5 heteroatoms. The fourth-order valence-electron chi connectivity index (χ4n) is 1.19. The molecule has 2 aromatic heterocycles. The Hall–Kier alpha value is -1.20. The van der Waals surface area contributed by atoms with E-state index in [0.29, 0.717) is 6.54 Å². The third-order valence-electron chi connectivity index (χ3n) is 1.91. The lowest BCUT2D eigenvalue weighted by atomic mass is 10.2. The second-order valence-corrected chi connectivity index (χ2v) is 3.60. The molecule has 0 aromatic carbocycles. The summed E-state index contributed by atoms with van der Waals surface area (Å²) in [6, 6.07) is 3.83. The quantitative estimate of drug-likeness (QED) is 0.855. The van der Waals surface area contributed by atoms with E-state index in [9.17, 15) is 0 Å². The van der Waals surface area contributed by atoms with Crippen molar-refractivity contribution >= 4 is 15.9 Å². The van der Waals surface area contributed by atoms with Crippen molar-refractivity contribution in [1.29, 1.82) is 0 Å². The summed E-state index contributed by atoms with van der Waals surface area (Å²) in [5.74, 6) is 0. The molecule has 0 aliphatic carbocycles. The summed E-state index contributed by atoms with van der Waals surface area (Å²) in [6.45, 7) is 0.438. The molecule has 0 aliphatic heterocycles. The number of nitrogens with two attached hydrogens (primary N) is 1. The maximum atomic E-state index is 5.53. The van der Waals surface area contributed by atoms with Crippen molar-refractivity contribution in [2.75, 3.05) is 0 Å². The van der Waals surface area contributed by atoms with Crippen molar-refractivity contribution in [3.8, 4) is 11.3 Å². The molecule has 0 saturated heterocycles. The van der Waals surface area contributed by atoms with Crippen LogP contribution in [0.2, 0.25) is 0 Å². The molecule has 0 spiro atoms. The van der Waals surface area contributed by atoms with E-state index in [2.05, 4.69) is 31.1 Å². The highest BCUT2D eigenvalue weighted by molar-refractivity contribution is 9.10. The molecule has 0 atom stereocenters. The summed E-state index contributed by atoms with van der Waals surface area (Å²) in [4.78, 5) is 4.03. The van der Waals surface area contributed by atoms with Crippen LogP contribution in [0, 0.1) is 0 Å². The minimum Gasteiger partial charge on any atom is -0.325 e. The number of H-pyrrole nitrogens is 1. The molecule has 0 aliphatic rings.